The smallest absolute Gasteiger partial charge is 0.410 e. The number of carbonyl (C=O) groups excluding carboxylic acids is 1. The highest BCUT2D eigenvalue weighted by Gasteiger charge is 2.46. The van der Waals surface area contributed by atoms with Gasteiger partial charge >= 0.3 is 6.09 Å². The van der Waals surface area contributed by atoms with Crippen molar-refractivity contribution in [3.05, 3.63) is 29.8 Å². The van der Waals surface area contributed by atoms with Crippen LogP contribution < -0.4 is 5.32 Å². The molecule has 1 aromatic carbocycles. The highest BCUT2D eigenvalue weighted by molar-refractivity contribution is 5.71. The van der Waals surface area contributed by atoms with Crippen LogP contribution in [0, 0.1) is 5.92 Å². The van der Waals surface area contributed by atoms with Gasteiger partial charge in [0.15, 0.2) is 0 Å². The summed E-state index contributed by atoms with van der Waals surface area (Å²) in [7, 11) is 0. The van der Waals surface area contributed by atoms with Gasteiger partial charge in [0, 0.05) is 18.2 Å². The molecular formula is C17H24N2O3. The lowest BCUT2D eigenvalue weighted by molar-refractivity contribution is 0.0192. The average Bonchev–Trinajstić information content (AvgIpc) is 2.90. The maximum absolute atomic E-state index is 12.5. The van der Waals surface area contributed by atoms with Crippen LogP contribution >= 0.6 is 0 Å². The van der Waals surface area contributed by atoms with Gasteiger partial charge in [0.05, 0.1) is 18.7 Å². The van der Waals surface area contributed by atoms with Crippen LogP contribution in [0.5, 0.6) is 0 Å². The molecule has 3 atom stereocenters. The average molecular weight is 304 g/mol. The number of nitrogens with zero attached hydrogens (tertiary/aromatic N) is 1. The third-order valence-electron chi connectivity index (χ3n) is 4.41. The van der Waals surface area contributed by atoms with E-state index in [-0.39, 0.29) is 30.7 Å². The monoisotopic (exact) mass is 304 g/mol. The predicted molar refractivity (Wildman–Crippen MR) is 84.7 cm³/mol. The number of anilines is 1. The maximum atomic E-state index is 12.5. The molecule has 2 aliphatic rings. The van der Waals surface area contributed by atoms with Crippen LogP contribution in [0.4, 0.5) is 10.5 Å². The SMILES string of the molecule is CC(C)(C)OC(=O)N1CC[C@@H]2[C@H]1c1ccccc1N[C@@H]2CO. The fourth-order valence-corrected chi connectivity index (χ4v) is 3.54. The number of nitrogens with one attached hydrogen (secondary N) is 1. The number of hydrogen-bond donors (Lipinski definition) is 2. The third-order valence-corrected chi connectivity index (χ3v) is 4.41. The van der Waals surface area contributed by atoms with Crippen molar-refractivity contribution in [3.63, 3.8) is 0 Å². The van der Waals surface area contributed by atoms with E-state index in [4.69, 9.17) is 4.74 Å². The number of benzene rings is 1. The Kier molecular flexibility index (Phi) is 3.77. The first-order valence-corrected chi connectivity index (χ1v) is 7.86. The zero-order valence-electron chi connectivity index (χ0n) is 13.4. The van der Waals surface area contributed by atoms with E-state index in [1.165, 1.54) is 0 Å². The van der Waals surface area contributed by atoms with E-state index in [1.807, 2.05) is 43.9 Å². The summed E-state index contributed by atoms with van der Waals surface area (Å²) in [5.41, 5.74) is 1.61. The number of para-hydroxylation sites is 1. The van der Waals surface area contributed by atoms with E-state index in [0.29, 0.717) is 6.54 Å². The molecule has 1 aromatic rings. The summed E-state index contributed by atoms with van der Waals surface area (Å²) in [6, 6.07) is 7.96. The standard InChI is InChI=1S/C17H24N2O3/c1-17(2,3)22-16(21)19-9-8-12-14(10-20)18-13-7-5-4-6-11(13)15(12)19/h4-7,12,14-15,18,20H,8-10H2,1-3H3/t12-,14+,15+/m0/s1. The van der Waals surface area contributed by atoms with E-state index in [1.54, 1.807) is 0 Å². The summed E-state index contributed by atoms with van der Waals surface area (Å²) in [5.74, 6) is 0.215. The minimum Gasteiger partial charge on any atom is -0.444 e. The number of hydrogen-bond acceptors (Lipinski definition) is 4. The molecule has 0 saturated carbocycles. The van der Waals surface area contributed by atoms with Gasteiger partial charge in [-0.1, -0.05) is 18.2 Å². The number of rotatable bonds is 1. The van der Waals surface area contributed by atoms with Crippen molar-refractivity contribution in [2.45, 2.75) is 44.9 Å². The van der Waals surface area contributed by atoms with Crippen LogP contribution in [0.1, 0.15) is 38.8 Å². The summed E-state index contributed by atoms with van der Waals surface area (Å²) in [4.78, 5) is 14.4. The molecule has 0 radical (unpaired) electrons. The third kappa shape index (κ3) is 2.65. The van der Waals surface area contributed by atoms with E-state index >= 15 is 0 Å². The Morgan fingerprint density at radius 1 is 1.41 bits per heavy atom. The van der Waals surface area contributed by atoms with E-state index in [0.717, 1.165) is 17.7 Å². The van der Waals surface area contributed by atoms with Crippen molar-refractivity contribution >= 4 is 11.8 Å². The molecule has 22 heavy (non-hydrogen) atoms. The van der Waals surface area contributed by atoms with Crippen molar-refractivity contribution in [2.75, 3.05) is 18.5 Å². The van der Waals surface area contributed by atoms with Gasteiger partial charge in [-0.15, -0.1) is 0 Å². The van der Waals surface area contributed by atoms with Crippen LogP contribution in [0.3, 0.4) is 0 Å². The molecule has 0 spiro atoms. The molecule has 5 heteroatoms. The molecular weight excluding hydrogens is 280 g/mol. The molecule has 1 amide bonds. The molecule has 0 aromatic heterocycles. The fourth-order valence-electron chi connectivity index (χ4n) is 3.54. The molecule has 120 valence electrons. The number of fused-ring (bicyclic) bond motifs is 3. The van der Waals surface area contributed by atoms with Crippen molar-refractivity contribution in [1.29, 1.82) is 0 Å². The normalized spacial score (nSPS) is 26.9. The Morgan fingerprint density at radius 3 is 2.82 bits per heavy atom. The lowest BCUT2D eigenvalue weighted by atomic mass is 9.83. The zero-order valence-corrected chi connectivity index (χ0v) is 13.4. The molecule has 1 saturated heterocycles. The Morgan fingerprint density at radius 2 is 2.14 bits per heavy atom. The van der Waals surface area contributed by atoms with Crippen LogP contribution in [0.2, 0.25) is 0 Å². The quantitative estimate of drug-likeness (QED) is 0.837. The predicted octanol–water partition coefficient (Wildman–Crippen LogP) is 2.77. The number of aliphatic hydroxyl groups excluding tert-OH is 1. The molecule has 1 fully saturated rings. The maximum Gasteiger partial charge on any atom is 0.410 e. The largest absolute Gasteiger partial charge is 0.444 e. The van der Waals surface area contributed by atoms with E-state index < -0.39 is 5.60 Å². The highest BCUT2D eigenvalue weighted by atomic mass is 16.6. The molecule has 0 unspecified atom stereocenters. The summed E-state index contributed by atoms with van der Waals surface area (Å²) < 4.78 is 5.56. The molecule has 2 heterocycles. The Labute approximate surface area is 131 Å². The summed E-state index contributed by atoms with van der Waals surface area (Å²) in [6.07, 6.45) is 0.601. The molecule has 2 N–H and O–H groups in total. The molecule has 0 aliphatic carbocycles. The van der Waals surface area contributed by atoms with Gasteiger partial charge in [0.2, 0.25) is 0 Å². The fraction of sp³-hybridized carbons (Fsp3) is 0.588. The van der Waals surface area contributed by atoms with Crippen molar-refractivity contribution in [1.82, 2.24) is 4.90 Å². The van der Waals surface area contributed by atoms with E-state index in [2.05, 4.69) is 11.4 Å². The van der Waals surface area contributed by atoms with Crippen molar-refractivity contribution < 1.29 is 14.6 Å². The van der Waals surface area contributed by atoms with Gasteiger partial charge in [-0.3, -0.25) is 0 Å². The molecule has 3 rings (SSSR count). The Bertz CT molecular complexity index is 567. The number of amides is 1. The van der Waals surface area contributed by atoms with Gasteiger partial charge in [0.25, 0.3) is 0 Å². The zero-order chi connectivity index (χ0) is 15.9. The summed E-state index contributed by atoms with van der Waals surface area (Å²) >= 11 is 0. The van der Waals surface area contributed by atoms with Gasteiger partial charge in [-0.2, -0.15) is 0 Å². The number of ether oxygens (including phenoxy) is 1. The number of carbonyl (C=O) groups is 1. The second-order valence-electron chi connectivity index (χ2n) is 7.09. The van der Waals surface area contributed by atoms with Gasteiger partial charge in [-0.25, -0.2) is 4.79 Å². The Balaban J connectivity index is 1.92. The van der Waals surface area contributed by atoms with Crippen LogP contribution in [-0.2, 0) is 4.74 Å². The molecule has 5 nitrogen and oxygen atoms in total. The number of likely N-dealkylation sites (tertiary alicyclic amines) is 1. The second-order valence-corrected chi connectivity index (χ2v) is 7.09. The van der Waals surface area contributed by atoms with Gasteiger partial charge in [-0.05, 0) is 38.8 Å². The van der Waals surface area contributed by atoms with Crippen molar-refractivity contribution in [3.8, 4) is 0 Å². The van der Waals surface area contributed by atoms with Crippen molar-refractivity contribution in [2.24, 2.45) is 5.92 Å². The Hall–Kier alpha value is -1.75. The minimum atomic E-state index is -0.502. The highest BCUT2D eigenvalue weighted by Crippen LogP contribution is 2.46. The second kappa shape index (κ2) is 5.47. The van der Waals surface area contributed by atoms with Gasteiger partial charge in [0.1, 0.15) is 5.60 Å². The number of aliphatic hydroxyl groups is 1. The van der Waals surface area contributed by atoms with Gasteiger partial charge < -0.3 is 20.1 Å². The topological polar surface area (TPSA) is 61.8 Å². The lowest BCUT2D eigenvalue weighted by Crippen LogP contribution is -2.44. The lowest BCUT2D eigenvalue weighted by Gasteiger charge is -2.39. The summed E-state index contributed by atoms with van der Waals surface area (Å²) in [5, 5.41) is 13.1. The first-order chi connectivity index (χ1) is 10.4. The summed E-state index contributed by atoms with van der Waals surface area (Å²) in [6.45, 7) is 6.37. The molecule has 0 bridgehead atoms. The first kappa shape index (κ1) is 15.2. The van der Waals surface area contributed by atoms with Crippen LogP contribution in [0.15, 0.2) is 24.3 Å². The first-order valence-electron chi connectivity index (χ1n) is 7.86. The minimum absolute atomic E-state index is 0.0210. The van der Waals surface area contributed by atoms with E-state index in [9.17, 15) is 9.90 Å². The van der Waals surface area contributed by atoms with Crippen LogP contribution in [0.25, 0.3) is 0 Å². The molecule has 2 aliphatic heterocycles. The van der Waals surface area contributed by atoms with Crippen LogP contribution in [-0.4, -0.2) is 40.9 Å².